The minimum absolute atomic E-state index is 0. The fraction of sp³-hybridized carbons (Fsp3) is 0.350. The van der Waals surface area contributed by atoms with Gasteiger partial charge in [-0.15, -0.1) is 17.5 Å². The predicted octanol–water partition coefficient (Wildman–Crippen LogP) is 4.49. The van der Waals surface area contributed by atoms with Crippen molar-refractivity contribution in [3.8, 4) is 0 Å². The lowest BCUT2D eigenvalue weighted by Crippen LogP contribution is -2.29. The van der Waals surface area contributed by atoms with Crippen LogP contribution >= 0.6 is 12.4 Å². The summed E-state index contributed by atoms with van der Waals surface area (Å²) < 4.78 is 53.7. The average molecular weight is 442 g/mol. The second-order valence-electron chi connectivity index (χ2n) is 7.09. The first-order valence-corrected chi connectivity index (χ1v) is 9.33. The lowest BCUT2D eigenvalue weighted by molar-refractivity contribution is -0.137. The third kappa shape index (κ3) is 4.79. The van der Waals surface area contributed by atoms with Gasteiger partial charge in [-0.3, -0.25) is 4.90 Å². The maximum atomic E-state index is 13.2. The van der Waals surface area contributed by atoms with E-state index in [1.54, 1.807) is 16.8 Å². The first-order chi connectivity index (χ1) is 13.9. The van der Waals surface area contributed by atoms with E-state index in [0.29, 0.717) is 17.9 Å². The average Bonchev–Trinajstić information content (AvgIpc) is 3.37. The Morgan fingerprint density at radius 3 is 2.17 bits per heavy atom. The van der Waals surface area contributed by atoms with E-state index in [-0.39, 0.29) is 24.3 Å². The highest BCUT2D eigenvalue weighted by atomic mass is 35.5. The fourth-order valence-corrected chi connectivity index (χ4v) is 3.66. The topological polar surface area (TPSA) is 46.8 Å². The van der Waals surface area contributed by atoms with Gasteiger partial charge in [0.05, 0.1) is 18.2 Å². The van der Waals surface area contributed by atoms with Crippen molar-refractivity contribution in [2.75, 3.05) is 13.1 Å². The molecule has 0 bridgehead atoms. The molecule has 10 heteroatoms. The number of benzene rings is 2. The van der Waals surface area contributed by atoms with E-state index >= 15 is 0 Å². The van der Waals surface area contributed by atoms with Gasteiger partial charge in [-0.25, -0.2) is 9.07 Å². The van der Waals surface area contributed by atoms with Crippen LogP contribution in [-0.4, -0.2) is 38.2 Å². The zero-order valence-electron chi connectivity index (χ0n) is 15.9. The van der Waals surface area contributed by atoms with E-state index in [1.807, 2.05) is 0 Å². The molecule has 1 aliphatic heterocycles. The molecule has 160 valence electrons. The molecule has 4 rings (SSSR count). The highest BCUT2D eigenvalue weighted by molar-refractivity contribution is 5.85. The lowest BCUT2D eigenvalue weighted by atomic mass is 10.0. The quantitative estimate of drug-likeness (QED) is 0.547. The summed E-state index contributed by atoms with van der Waals surface area (Å²) in [5, 5.41) is 12.0. The van der Waals surface area contributed by atoms with E-state index < -0.39 is 11.7 Å². The van der Waals surface area contributed by atoms with Gasteiger partial charge >= 0.3 is 6.18 Å². The van der Waals surface area contributed by atoms with Crippen molar-refractivity contribution in [2.45, 2.75) is 31.6 Å². The minimum atomic E-state index is -4.38. The maximum absolute atomic E-state index is 13.2. The van der Waals surface area contributed by atoms with Crippen LogP contribution in [0.5, 0.6) is 0 Å². The summed E-state index contributed by atoms with van der Waals surface area (Å²) in [6.45, 7) is 1.97. The van der Waals surface area contributed by atoms with E-state index in [4.69, 9.17) is 0 Å². The Hall–Kier alpha value is -2.52. The van der Waals surface area contributed by atoms with Gasteiger partial charge < -0.3 is 0 Å². The van der Waals surface area contributed by atoms with Crippen molar-refractivity contribution in [3.05, 3.63) is 76.9 Å². The van der Waals surface area contributed by atoms with Crippen molar-refractivity contribution in [1.29, 1.82) is 0 Å². The third-order valence-corrected chi connectivity index (χ3v) is 5.11. The molecular formula is C20H20ClF4N5. The number of tetrazole rings is 1. The summed E-state index contributed by atoms with van der Waals surface area (Å²) in [6, 6.07) is 10.9. The molecule has 0 N–H and O–H groups in total. The van der Waals surface area contributed by atoms with Crippen LogP contribution in [0.25, 0.3) is 0 Å². The number of aromatic nitrogens is 4. The summed E-state index contributed by atoms with van der Waals surface area (Å²) in [4.78, 5) is 2.18. The van der Waals surface area contributed by atoms with Crippen LogP contribution in [0.3, 0.4) is 0 Å². The molecule has 1 saturated heterocycles. The Morgan fingerprint density at radius 2 is 1.57 bits per heavy atom. The molecule has 1 aromatic heterocycles. The number of likely N-dealkylation sites (tertiary alicyclic amines) is 1. The molecular weight excluding hydrogens is 422 g/mol. The molecule has 1 aliphatic rings. The van der Waals surface area contributed by atoms with Gasteiger partial charge in [0.2, 0.25) is 0 Å². The summed E-state index contributed by atoms with van der Waals surface area (Å²) >= 11 is 0. The van der Waals surface area contributed by atoms with Crippen LogP contribution in [0.1, 0.15) is 41.4 Å². The number of alkyl halides is 3. The Morgan fingerprint density at radius 1 is 0.933 bits per heavy atom. The first kappa shape index (κ1) is 22.2. The third-order valence-electron chi connectivity index (χ3n) is 5.11. The molecule has 0 aliphatic carbocycles. The van der Waals surface area contributed by atoms with Crippen molar-refractivity contribution in [3.63, 3.8) is 0 Å². The van der Waals surface area contributed by atoms with Crippen LogP contribution < -0.4 is 0 Å². The minimum Gasteiger partial charge on any atom is -0.290 e. The van der Waals surface area contributed by atoms with Crippen molar-refractivity contribution in [1.82, 2.24) is 25.1 Å². The van der Waals surface area contributed by atoms with Gasteiger partial charge in [-0.2, -0.15) is 13.2 Å². The van der Waals surface area contributed by atoms with Crippen LogP contribution in [0.15, 0.2) is 48.5 Å². The van der Waals surface area contributed by atoms with E-state index in [9.17, 15) is 17.6 Å². The first-order valence-electron chi connectivity index (χ1n) is 9.33. The Kier molecular flexibility index (Phi) is 6.72. The molecule has 2 heterocycles. The zero-order chi connectivity index (χ0) is 20.4. The maximum Gasteiger partial charge on any atom is 0.416 e. The van der Waals surface area contributed by atoms with Crippen LogP contribution in [-0.2, 0) is 12.7 Å². The van der Waals surface area contributed by atoms with Crippen molar-refractivity contribution in [2.24, 2.45) is 0 Å². The van der Waals surface area contributed by atoms with Gasteiger partial charge in [0.25, 0.3) is 0 Å². The lowest BCUT2D eigenvalue weighted by Gasteiger charge is -2.27. The second kappa shape index (κ2) is 9.09. The summed E-state index contributed by atoms with van der Waals surface area (Å²) in [5.41, 5.74) is 0.843. The van der Waals surface area contributed by atoms with Gasteiger partial charge in [0.15, 0.2) is 5.82 Å². The van der Waals surface area contributed by atoms with E-state index in [0.717, 1.165) is 43.6 Å². The zero-order valence-corrected chi connectivity index (χ0v) is 16.7. The summed E-state index contributed by atoms with van der Waals surface area (Å²) in [6.07, 6.45) is -2.36. The molecule has 1 atom stereocenters. The van der Waals surface area contributed by atoms with E-state index in [1.165, 1.54) is 24.3 Å². The molecule has 0 radical (unpaired) electrons. The van der Waals surface area contributed by atoms with Crippen LogP contribution in [0.4, 0.5) is 17.6 Å². The molecule has 1 fully saturated rings. The molecule has 0 amide bonds. The number of hydrogen-bond acceptors (Lipinski definition) is 4. The smallest absolute Gasteiger partial charge is 0.290 e. The van der Waals surface area contributed by atoms with Crippen LogP contribution in [0, 0.1) is 5.82 Å². The monoisotopic (exact) mass is 441 g/mol. The largest absolute Gasteiger partial charge is 0.416 e. The highest BCUT2D eigenvalue weighted by Crippen LogP contribution is 2.34. The van der Waals surface area contributed by atoms with Gasteiger partial charge in [-0.05, 0) is 71.8 Å². The molecule has 30 heavy (non-hydrogen) atoms. The standard InChI is InChI=1S/C20H19F4N5.ClH/c21-17-9-3-14(4-10-17)13-29-19(25-26-27-29)18(28-11-1-2-12-28)15-5-7-16(8-6-15)20(22,23)24;/h3-10,18H,1-2,11-13H2;1H. The van der Waals surface area contributed by atoms with Gasteiger partial charge in [0, 0.05) is 0 Å². The van der Waals surface area contributed by atoms with E-state index in [2.05, 4.69) is 20.4 Å². The van der Waals surface area contributed by atoms with Crippen molar-refractivity contribution >= 4 is 12.4 Å². The number of hydrogen-bond donors (Lipinski definition) is 0. The molecule has 0 saturated carbocycles. The second-order valence-corrected chi connectivity index (χ2v) is 7.09. The Balaban J connectivity index is 0.00000256. The Bertz CT molecular complexity index is 951. The molecule has 0 spiro atoms. The summed E-state index contributed by atoms with van der Waals surface area (Å²) in [7, 11) is 0. The molecule has 5 nitrogen and oxygen atoms in total. The van der Waals surface area contributed by atoms with Crippen molar-refractivity contribution < 1.29 is 17.6 Å². The SMILES string of the molecule is Cl.Fc1ccc(Cn2nnnc2C(c2ccc(C(F)(F)F)cc2)N2CCCC2)cc1. The number of nitrogens with zero attached hydrogens (tertiary/aromatic N) is 5. The number of rotatable bonds is 5. The molecule has 2 aromatic carbocycles. The van der Waals surface area contributed by atoms with Gasteiger partial charge in [0.1, 0.15) is 5.82 Å². The highest BCUT2D eigenvalue weighted by Gasteiger charge is 2.33. The molecule has 1 unspecified atom stereocenters. The predicted molar refractivity (Wildman–Crippen MR) is 105 cm³/mol. The normalized spacial score (nSPS) is 15.7. The summed E-state index contributed by atoms with van der Waals surface area (Å²) in [5.74, 6) is 0.223. The van der Waals surface area contributed by atoms with Crippen LogP contribution in [0.2, 0.25) is 0 Å². The Labute approximate surface area is 177 Å². The fourth-order valence-electron chi connectivity index (χ4n) is 3.66. The number of halogens is 5. The molecule has 3 aromatic rings. The van der Waals surface area contributed by atoms with Gasteiger partial charge in [-0.1, -0.05) is 24.3 Å².